The van der Waals surface area contributed by atoms with Gasteiger partial charge in [-0.05, 0) is 24.3 Å². The van der Waals surface area contributed by atoms with E-state index in [0.717, 1.165) is 12.1 Å². The summed E-state index contributed by atoms with van der Waals surface area (Å²) in [6.45, 7) is 0. The predicted molar refractivity (Wildman–Crippen MR) is 73.6 cm³/mol. The Hall–Kier alpha value is -2.51. The van der Waals surface area contributed by atoms with E-state index in [-0.39, 0.29) is 12.0 Å². The van der Waals surface area contributed by atoms with E-state index in [4.69, 9.17) is 10.4 Å². The fourth-order valence-electron chi connectivity index (χ4n) is 1.91. The minimum absolute atomic E-state index is 0.0984. The molecule has 0 fully saturated rings. The summed E-state index contributed by atoms with van der Waals surface area (Å²) in [5.74, 6) is -0.922. The van der Waals surface area contributed by atoms with Gasteiger partial charge in [-0.2, -0.15) is 5.26 Å². The Bertz CT molecular complexity index is 867. The van der Waals surface area contributed by atoms with Gasteiger partial charge in [-0.15, -0.1) is 13.2 Å². The standard InChI is InChI=1S/C13H10F3N3O3S/c14-13(15,16)22-11-7-8(1-4-12(11)23(18,20)21)10-3-2-9(19-10)5-6-17/h1-4,7,19H,5H2,(H2,18,20,21). The lowest BCUT2D eigenvalue weighted by molar-refractivity contribution is -0.275. The number of ether oxygens (including phenoxy) is 1. The van der Waals surface area contributed by atoms with Crippen LogP contribution < -0.4 is 9.88 Å². The molecule has 2 rings (SSSR count). The van der Waals surface area contributed by atoms with Crippen LogP contribution in [0.25, 0.3) is 11.3 Å². The second kappa shape index (κ2) is 5.94. The van der Waals surface area contributed by atoms with Gasteiger partial charge in [0.05, 0.1) is 12.5 Å². The molecule has 0 bridgehead atoms. The largest absolute Gasteiger partial charge is 0.573 e. The number of nitrogens with one attached hydrogen (secondary N) is 1. The number of benzene rings is 1. The van der Waals surface area contributed by atoms with Gasteiger partial charge in [0.15, 0.2) is 0 Å². The molecule has 1 heterocycles. The number of hydrogen-bond donors (Lipinski definition) is 2. The maximum absolute atomic E-state index is 12.4. The lowest BCUT2D eigenvalue weighted by atomic mass is 10.1. The highest BCUT2D eigenvalue weighted by Gasteiger charge is 2.33. The molecular weight excluding hydrogens is 335 g/mol. The molecule has 122 valence electrons. The van der Waals surface area contributed by atoms with Gasteiger partial charge in [-0.3, -0.25) is 0 Å². The second-order valence-corrected chi connectivity index (χ2v) is 6.02. The molecule has 3 N–H and O–H groups in total. The van der Waals surface area contributed by atoms with Crippen LogP contribution in [0.15, 0.2) is 35.2 Å². The Morgan fingerprint density at radius 3 is 2.52 bits per heavy atom. The summed E-state index contributed by atoms with van der Waals surface area (Å²) < 4.78 is 63.8. The highest BCUT2D eigenvalue weighted by Crippen LogP contribution is 2.33. The molecule has 23 heavy (non-hydrogen) atoms. The molecule has 1 aromatic carbocycles. The van der Waals surface area contributed by atoms with Crippen LogP contribution in [0, 0.1) is 11.3 Å². The van der Waals surface area contributed by atoms with Crippen molar-refractivity contribution in [1.82, 2.24) is 4.98 Å². The first-order valence-electron chi connectivity index (χ1n) is 6.08. The number of hydrogen-bond acceptors (Lipinski definition) is 4. The molecule has 0 spiro atoms. The Morgan fingerprint density at radius 2 is 1.96 bits per heavy atom. The van der Waals surface area contributed by atoms with E-state index in [9.17, 15) is 21.6 Å². The molecule has 0 saturated heterocycles. The van der Waals surface area contributed by atoms with Crippen molar-refractivity contribution in [2.24, 2.45) is 5.14 Å². The number of alkyl halides is 3. The summed E-state index contributed by atoms with van der Waals surface area (Å²) in [6, 6.07) is 8.19. The first-order valence-corrected chi connectivity index (χ1v) is 7.62. The number of primary sulfonamides is 1. The molecule has 0 radical (unpaired) electrons. The molecular formula is C13H10F3N3O3S. The fourth-order valence-corrected chi connectivity index (χ4v) is 2.55. The molecule has 2 aromatic rings. The minimum atomic E-state index is -5.07. The summed E-state index contributed by atoms with van der Waals surface area (Å²) >= 11 is 0. The number of nitrogens with zero attached hydrogens (tertiary/aromatic N) is 1. The van der Waals surface area contributed by atoms with Crippen molar-refractivity contribution in [3.05, 3.63) is 36.0 Å². The molecule has 0 aliphatic carbocycles. The van der Waals surface area contributed by atoms with Gasteiger partial charge in [0.25, 0.3) is 0 Å². The van der Waals surface area contributed by atoms with E-state index in [0.29, 0.717) is 11.4 Å². The van der Waals surface area contributed by atoms with Crippen molar-refractivity contribution in [1.29, 1.82) is 5.26 Å². The quantitative estimate of drug-likeness (QED) is 0.886. The van der Waals surface area contributed by atoms with Gasteiger partial charge in [0.1, 0.15) is 10.6 Å². The van der Waals surface area contributed by atoms with Gasteiger partial charge in [-0.25, -0.2) is 13.6 Å². The first kappa shape index (κ1) is 16.9. The van der Waals surface area contributed by atoms with Crippen LogP contribution in [-0.2, 0) is 16.4 Å². The first-order chi connectivity index (χ1) is 10.6. The number of rotatable bonds is 4. The number of aromatic amines is 1. The van der Waals surface area contributed by atoms with E-state index < -0.39 is 27.0 Å². The predicted octanol–water partition coefficient (Wildman–Crippen LogP) is 2.29. The fraction of sp³-hybridized carbons (Fsp3) is 0.154. The SMILES string of the molecule is N#CCc1ccc(-c2ccc(S(N)(=O)=O)c(OC(F)(F)F)c2)[nH]1. The number of H-pyrrole nitrogens is 1. The number of nitriles is 1. The van der Waals surface area contributed by atoms with Crippen LogP contribution in [0.3, 0.4) is 0 Å². The molecule has 0 atom stereocenters. The van der Waals surface area contributed by atoms with Crippen LogP contribution >= 0.6 is 0 Å². The molecule has 0 aliphatic heterocycles. The molecule has 0 unspecified atom stereocenters. The third-order valence-corrected chi connectivity index (χ3v) is 3.75. The van der Waals surface area contributed by atoms with Crippen molar-refractivity contribution in [2.45, 2.75) is 17.7 Å². The molecule has 0 aliphatic rings. The van der Waals surface area contributed by atoms with Crippen LogP contribution in [0.4, 0.5) is 13.2 Å². The molecule has 0 saturated carbocycles. The normalized spacial score (nSPS) is 12.0. The van der Waals surface area contributed by atoms with Gasteiger partial charge >= 0.3 is 6.36 Å². The lowest BCUT2D eigenvalue weighted by Gasteiger charge is -2.13. The Kier molecular flexibility index (Phi) is 4.35. The highest BCUT2D eigenvalue weighted by atomic mass is 32.2. The third-order valence-electron chi connectivity index (χ3n) is 2.80. The van der Waals surface area contributed by atoms with Crippen molar-refractivity contribution < 1.29 is 26.3 Å². The average Bonchev–Trinajstić information content (AvgIpc) is 2.84. The Morgan fingerprint density at radius 1 is 1.26 bits per heavy atom. The topological polar surface area (TPSA) is 109 Å². The highest BCUT2D eigenvalue weighted by molar-refractivity contribution is 7.89. The maximum Gasteiger partial charge on any atom is 0.573 e. The molecule has 10 heteroatoms. The monoisotopic (exact) mass is 345 g/mol. The van der Waals surface area contributed by atoms with Crippen LogP contribution in [0.2, 0.25) is 0 Å². The summed E-state index contributed by atoms with van der Waals surface area (Å²) in [5.41, 5.74) is 1.22. The zero-order valence-electron chi connectivity index (χ0n) is 11.4. The summed E-state index contributed by atoms with van der Waals surface area (Å²) in [6.07, 6.45) is -4.97. The third kappa shape index (κ3) is 4.24. The minimum Gasteiger partial charge on any atom is -0.404 e. The van der Waals surface area contributed by atoms with E-state index in [1.54, 1.807) is 12.1 Å². The smallest absolute Gasteiger partial charge is 0.404 e. The summed E-state index contributed by atoms with van der Waals surface area (Å²) in [7, 11) is -4.39. The Labute approximate surface area is 129 Å². The van der Waals surface area contributed by atoms with Crippen molar-refractivity contribution >= 4 is 10.0 Å². The van der Waals surface area contributed by atoms with E-state index >= 15 is 0 Å². The summed E-state index contributed by atoms with van der Waals surface area (Å²) in [4.78, 5) is 2.06. The van der Waals surface area contributed by atoms with E-state index in [2.05, 4.69) is 9.72 Å². The van der Waals surface area contributed by atoms with E-state index in [1.165, 1.54) is 6.07 Å². The zero-order chi connectivity index (χ0) is 17.3. The number of nitrogens with two attached hydrogens (primary N) is 1. The van der Waals surface area contributed by atoms with E-state index in [1.807, 2.05) is 6.07 Å². The summed E-state index contributed by atoms with van der Waals surface area (Å²) in [5, 5.41) is 13.5. The van der Waals surface area contributed by atoms with Crippen LogP contribution in [0.1, 0.15) is 5.69 Å². The van der Waals surface area contributed by atoms with Crippen LogP contribution in [0.5, 0.6) is 5.75 Å². The van der Waals surface area contributed by atoms with Gasteiger partial charge in [0.2, 0.25) is 10.0 Å². The van der Waals surface area contributed by atoms with Gasteiger partial charge in [0, 0.05) is 17.0 Å². The molecule has 0 amide bonds. The van der Waals surface area contributed by atoms with Crippen molar-refractivity contribution in [3.8, 4) is 23.1 Å². The molecule has 1 aromatic heterocycles. The molecule has 6 nitrogen and oxygen atoms in total. The Balaban J connectivity index is 2.51. The van der Waals surface area contributed by atoms with Crippen molar-refractivity contribution in [2.75, 3.05) is 0 Å². The number of sulfonamides is 1. The van der Waals surface area contributed by atoms with Crippen molar-refractivity contribution in [3.63, 3.8) is 0 Å². The second-order valence-electron chi connectivity index (χ2n) is 4.49. The number of aromatic nitrogens is 1. The number of halogens is 3. The zero-order valence-corrected chi connectivity index (χ0v) is 12.2. The van der Waals surface area contributed by atoms with Gasteiger partial charge in [-0.1, -0.05) is 6.07 Å². The van der Waals surface area contributed by atoms with Crippen LogP contribution in [-0.4, -0.2) is 19.8 Å². The van der Waals surface area contributed by atoms with Gasteiger partial charge < -0.3 is 9.72 Å². The lowest BCUT2D eigenvalue weighted by Crippen LogP contribution is -2.21. The average molecular weight is 345 g/mol. The maximum atomic E-state index is 12.4.